The maximum Gasteiger partial charge on any atom is 0.314 e. The second-order valence-corrected chi connectivity index (χ2v) is 4.78. The first kappa shape index (κ1) is 13.0. The van der Waals surface area contributed by atoms with E-state index in [0.29, 0.717) is 34.9 Å². The van der Waals surface area contributed by atoms with Gasteiger partial charge in [-0.2, -0.15) is 0 Å². The van der Waals surface area contributed by atoms with Crippen LogP contribution < -0.4 is 9.47 Å². The van der Waals surface area contributed by atoms with Crippen molar-refractivity contribution in [3.63, 3.8) is 0 Å². The molecule has 0 amide bonds. The first-order chi connectivity index (χ1) is 8.56. The zero-order valence-corrected chi connectivity index (χ0v) is 11.1. The standard InChI is InChI=1S/C13H15ClO4/c1-17-9-5-4-8(11(18-2)10(9)14)13(12(15)16)6-3-7-13/h4-5H,3,6-7H2,1-2H3,(H,15,16). The summed E-state index contributed by atoms with van der Waals surface area (Å²) in [6.45, 7) is 0. The van der Waals surface area contributed by atoms with Gasteiger partial charge in [-0.25, -0.2) is 0 Å². The number of halogens is 1. The molecule has 2 rings (SSSR count). The molecule has 0 saturated heterocycles. The third-order valence-corrected chi connectivity index (χ3v) is 3.98. The Bertz CT molecular complexity index is 480. The van der Waals surface area contributed by atoms with E-state index in [1.165, 1.54) is 14.2 Å². The van der Waals surface area contributed by atoms with E-state index < -0.39 is 11.4 Å². The Morgan fingerprint density at radius 3 is 2.39 bits per heavy atom. The van der Waals surface area contributed by atoms with Crippen LogP contribution in [0.2, 0.25) is 5.02 Å². The lowest BCUT2D eigenvalue weighted by molar-refractivity contribution is -0.147. The highest BCUT2D eigenvalue weighted by atomic mass is 35.5. The highest BCUT2D eigenvalue weighted by molar-refractivity contribution is 6.33. The summed E-state index contributed by atoms with van der Waals surface area (Å²) in [6, 6.07) is 3.42. The summed E-state index contributed by atoms with van der Waals surface area (Å²) in [5.74, 6) is 0.0588. The summed E-state index contributed by atoms with van der Waals surface area (Å²) in [7, 11) is 3.00. The highest BCUT2D eigenvalue weighted by Crippen LogP contribution is 2.50. The van der Waals surface area contributed by atoms with Crippen LogP contribution in [0.4, 0.5) is 0 Å². The van der Waals surface area contributed by atoms with Crippen LogP contribution in [-0.2, 0) is 10.2 Å². The Morgan fingerprint density at radius 2 is 2.00 bits per heavy atom. The lowest BCUT2D eigenvalue weighted by atomic mass is 9.64. The van der Waals surface area contributed by atoms with Crippen molar-refractivity contribution in [1.29, 1.82) is 0 Å². The van der Waals surface area contributed by atoms with Crippen molar-refractivity contribution in [3.05, 3.63) is 22.7 Å². The Hall–Kier alpha value is -1.42. The molecule has 0 aromatic heterocycles. The van der Waals surface area contributed by atoms with Crippen molar-refractivity contribution in [2.75, 3.05) is 14.2 Å². The normalized spacial score (nSPS) is 16.8. The molecule has 1 fully saturated rings. The number of benzene rings is 1. The molecule has 0 radical (unpaired) electrons. The summed E-state index contributed by atoms with van der Waals surface area (Å²) in [5, 5.41) is 9.77. The van der Waals surface area contributed by atoms with E-state index in [0.717, 1.165) is 6.42 Å². The van der Waals surface area contributed by atoms with Crippen molar-refractivity contribution < 1.29 is 19.4 Å². The van der Waals surface area contributed by atoms with Gasteiger partial charge >= 0.3 is 5.97 Å². The van der Waals surface area contributed by atoms with E-state index in [1.807, 2.05) is 0 Å². The predicted molar refractivity (Wildman–Crippen MR) is 67.7 cm³/mol. The maximum absolute atomic E-state index is 11.5. The molecule has 18 heavy (non-hydrogen) atoms. The second kappa shape index (κ2) is 4.69. The molecule has 5 heteroatoms. The predicted octanol–water partition coefficient (Wildman–Crippen LogP) is 2.86. The highest BCUT2D eigenvalue weighted by Gasteiger charge is 2.48. The molecule has 0 unspecified atom stereocenters. The largest absolute Gasteiger partial charge is 0.495 e. The van der Waals surface area contributed by atoms with E-state index in [9.17, 15) is 9.90 Å². The molecule has 0 atom stereocenters. The molecule has 0 heterocycles. The van der Waals surface area contributed by atoms with Crippen molar-refractivity contribution in [3.8, 4) is 11.5 Å². The summed E-state index contributed by atoms with van der Waals surface area (Å²) < 4.78 is 10.4. The van der Waals surface area contributed by atoms with Gasteiger partial charge in [0.2, 0.25) is 0 Å². The van der Waals surface area contributed by atoms with E-state index >= 15 is 0 Å². The van der Waals surface area contributed by atoms with Gasteiger partial charge in [0.05, 0.1) is 19.6 Å². The zero-order valence-electron chi connectivity index (χ0n) is 10.3. The summed E-state index contributed by atoms with van der Waals surface area (Å²) >= 11 is 6.16. The Morgan fingerprint density at radius 1 is 1.33 bits per heavy atom. The van der Waals surface area contributed by atoms with Crippen LogP contribution >= 0.6 is 11.6 Å². The zero-order chi connectivity index (χ0) is 13.3. The first-order valence-corrected chi connectivity index (χ1v) is 6.09. The Kier molecular flexibility index (Phi) is 3.39. The molecule has 0 aliphatic heterocycles. The van der Waals surface area contributed by atoms with Crippen molar-refractivity contribution in [2.45, 2.75) is 24.7 Å². The lowest BCUT2D eigenvalue weighted by Gasteiger charge is -2.39. The van der Waals surface area contributed by atoms with E-state index in [1.54, 1.807) is 12.1 Å². The SMILES string of the molecule is COc1ccc(C2(C(=O)O)CCC2)c(OC)c1Cl. The summed E-state index contributed by atoms with van der Waals surface area (Å²) in [6.07, 6.45) is 2.13. The summed E-state index contributed by atoms with van der Waals surface area (Å²) in [4.78, 5) is 11.5. The van der Waals surface area contributed by atoms with Gasteiger partial charge in [-0.3, -0.25) is 4.79 Å². The number of carboxylic acids is 1. The number of methoxy groups -OCH3 is 2. The van der Waals surface area contributed by atoms with E-state index in [2.05, 4.69) is 0 Å². The minimum atomic E-state index is -0.860. The van der Waals surface area contributed by atoms with Gasteiger partial charge in [0.1, 0.15) is 16.5 Å². The van der Waals surface area contributed by atoms with Crippen LogP contribution in [0.1, 0.15) is 24.8 Å². The number of carboxylic acid groups (broad SMARTS) is 1. The molecular formula is C13H15ClO4. The molecule has 1 aromatic carbocycles. The van der Waals surface area contributed by atoms with Gasteiger partial charge in [-0.15, -0.1) is 0 Å². The van der Waals surface area contributed by atoms with Gasteiger partial charge < -0.3 is 14.6 Å². The van der Waals surface area contributed by atoms with Crippen molar-refractivity contribution in [1.82, 2.24) is 0 Å². The van der Waals surface area contributed by atoms with Gasteiger partial charge in [0.15, 0.2) is 0 Å². The van der Waals surface area contributed by atoms with Crippen LogP contribution in [-0.4, -0.2) is 25.3 Å². The second-order valence-electron chi connectivity index (χ2n) is 4.40. The van der Waals surface area contributed by atoms with Crippen LogP contribution in [0.5, 0.6) is 11.5 Å². The van der Waals surface area contributed by atoms with E-state index in [4.69, 9.17) is 21.1 Å². The molecule has 1 N–H and O–H groups in total. The van der Waals surface area contributed by atoms with Crippen molar-refractivity contribution >= 4 is 17.6 Å². The lowest BCUT2D eigenvalue weighted by Crippen LogP contribution is -2.42. The third kappa shape index (κ3) is 1.72. The number of hydrogen-bond acceptors (Lipinski definition) is 3. The van der Waals surface area contributed by atoms with Crippen LogP contribution in [0, 0.1) is 0 Å². The Labute approximate surface area is 110 Å². The molecule has 4 nitrogen and oxygen atoms in total. The minimum absolute atomic E-state index is 0.324. The molecular weight excluding hydrogens is 256 g/mol. The molecule has 0 bridgehead atoms. The fourth-order valence-corrected chi connectivity index (χ4v) is 2.72. The van der Waals surface area contributed by atoms with Gasteiger partial charge in [0, 0.05) is 5.56 Å². The number of ether oxygens (including phenoxy) is 2. The van der Waals surface area contributed by atoms with Crippen LogP contribution in [0.15, 0.2) is 12.1 Å². The van der Waals surface area contributed by atoms with E-state index in [-0.39, 0.29) is 0 Å². The quantitative estimate of drug-likeness (QED) is 0.914. The molecule has 1 aliphatic carbocycles. The fraction of sp³-hybridized carbons (Fsp3) is 0.462. The summed E-state index contributed by atoms with van der Waals surface area (Å²) in [5.41, 5.74) is -0.226. The average molecular weight is 271 g/mol. The minimum Gasteiger partial charge on any atom is -0.495 e. The monoisotopic (exact) mass is 270 g/mol. The molecule has 98 valence electrons. The maximum atomic E-state index is 11.5. The number of hydrogen-bond donors (Lipinski definition) is 1. The number of rotatable bonds is 4. The van der Waals surface area contributed by atoms with Gasteiger partial charge in [0.25, 0.3) is 0 Å². The van der Waals surface area contributed by atoms with Gasteiger partial charge in [-0.1, -0.05) is 24.1 Å². The molecule has 1 aromatic rings. The average Bonchev–Trinajstić information content (AvgIpc) is 2.27. The topological polar surface area (TPSA) is 55.8 Å². The van der Waals surface area contributed by atoms with Gasteiger partial charge in [-0.05, 0) is 18.9 Å². The van der Waals surface area contributed by atoms with Crippen LogP contribution in [0.3, 0.4) is 0 Å². The molecule has 1 saturated carbocycles. The molecule has 1 aliphatic rings. The molecule has 0 spiro atoms. The fourth-order valence-electron chi connectivity index (χ4n) is 2.40. The van der Waals surface area contributed by atoms with Crippen LogP contribution in [0.25, 0.3) is 0 Å². The number of carbonyl (C=O) groups is 1. The van der Waals surface area contributed by atoms with Crippen molar-refractivity contribution in [2.24, 2.45) is 0 Å². The first-order valence-electron chi connectivity index (χ1n) is 5.71. The number of aliphatic carboxylic acids is 1. The smallest absolute Gasteiger partial charge is 0.314 e. The Balaban J connectivity index is 2.57. The third-order valence-electron chi connectivity index (χ3n) is 3.62.